The second-order valence-corrected chi connectivity index (χ2v) is 5.45. The molecule has 0 radical (unpaired) electrons. The van der Waals surface area contributed by atoms with E-state index in [0.29, 0.717) is 11.2 Å². The quantitative estimate of drug-likeness (QED) is 0.813. The van der Waals surface area contributed by atoms with Crippen molar-refractivity contribution in [3.8, 4) is 0 Å². The van der Waals surface area contributed by atoms with Crippen molar-refractivity contribution in [2.45, 2.75) is 33.7 Å². The molecule has 0 saturated heterocycles. The Hall–Kier alpha value is -0.610. The van der Waals surface area contributed by atoms with Gasteiger partial charge in [0, 0.05) is 10.5 Å². The molecule has 2 N–H and O–H groups in total. The number of anilines is 1. The van der Waals surface area contributed by atoms with E-state index in [2.05, 4.69) is 66.4 Å². The topological polar surface area (TPSA) is 24.1 Å². The van der Waals surface area contributed by atoms with Crippen LogP contribution in [0.1, 0.15) is 25.0 Å². The van der Waals surface area contributed by atoms with Gasteiger partial charge in [-0.1, -0.05) is 6.07 Å². The number of thiocarbonyl (C=S) groups is 1. The third kappa shape index (κ3) is 3.76. The van der Waals surface area contributed by atoms with Crippen LogP contribution in [0.25, 0.3) is 0 Å². The maximum Gasteiger partial charge on any atom is 0.171 e. The van der Waals surface area contributed by atoms with Gasteiger partial charge in [0.15, 0.2) is 5.11 Å². The van der Waals surface area contributed by atoms with E-state index in [1.54, 1.807) is 0 Å². The summed E-state index contributed by atoms with van der Waals surface area (Å²) in [5.74, 6) is 0. The molecule has 1 rings (SSSR count). The minimum atomic E-state index is 0.338. The molecule has 0 heterocycles. The lowest BCUT2D eigenvalue weighted by atomic mass is 10.1. The molecule has 0 aliphatic rings. The Morgan fingerprint density at radius 3 is 2.44 bits per heavy atom. The van der Waals surface area contributed by atoms with Crippen LogP contribution in [-0.4, -0.2) is 11.2 Å². The summed E-state index contributed by atoms with van der Waals surface area (Å²) in [6, 6.07) is 4.54. The number of hydrogen-bond donors (Lipinski definition) is 2. The van der Waals surface area contributed by atoms with E-state index in [9.17, 15) is 0 Å². The van der Waals surface area contributed by atoms with Crippen molar-refractivity contribution < 1.29 is 0 Å². The molecule has 0 unspecified atom stereocenters. The molecule has 0 aliphatic heterocycles. The largest absolute Gasteiger partial charge is 0.360 e. The summed E-state index contributed by atoms with van der Waals surface area (Å²) in [4.78, 5) is 0. The van der Waals surface area contributed by atoms with E-state index in [4.69, 9.17) is 12.2 Å². The summed E-state index contributed by atoms with van der Waals surface area (Å²) < 4.78 is 1.04. The summed E-state index contributed by atoms with van der Waals surface area (Å²) in [5.41, 5.74) is 3.45. The Balaban J connectivity index is 2.85. The number of nitrogens with one attached hydrogen (secondary N) is 2. The molecule has 1 aromatic rings. The van der Waals surface area contributed by atoms with Crippen LogP contribution >= 0.6 is 28.1 Å². The van der Waals surface area contributed by atoms with Crippen molar-refractivity contribution in [3.05, 3.63) is 27.7 Å². The molecule has 4 heteroatoms. The van der Waals surface area contributed by atoms with Crippen LogP contribution in [-0.2, 0) is 0 Å². The van der Waals surface area contributed by atoms with Gasteiger partial charge in [-0.3, -0.25) is 0 Å². The van der Waals surface area contributed by atoms with Crippen molar-refractivity contribution in [2.24, 2.45) is 0 Å². The molecule has 0 fully saturated rings. The molecule has 0 aliphatic carbocycles. The number of benzene rings is 1. The van der Waals surface area contributed by atoms with E-state index in [1.165, 1.54) is 11.1 Å². The minimum Gasteiger partial charge on any atom is -0.360 e. The number of halogens is 1. The molecule has 2 nitrogen and oxygen atoms in total. The van der Waals surface area contributed by atoms with Gasteiger partial charge >= 0.3 is 0 Å². The zero-order valence-corrected chi connectivity index (χ0v) is 12.4. The van der Waals surface area contributed by atoms with Gasteiger partial charge in [-0.25, -0.2) is 0 Å². The number of aryl methyl sites for hydroxylation is 2. The van der Waals surface area contributed by atoms with Gasteiger partial charge in [0.25, 0.3) is 0 Å². The van der Waals surface area contributed by atoms with Gasteiger partial charge in [0.1, 0.15) is 0 Å². The molecule has 16 heavy (non-hydrogen) atoms. The normalized spacial score (nSPS) is 10.4. The SMILES string of the molecule is Cc1cc(C)c(NC(=S)NC(C)C)c(Br)c1. The third-order valence-corrected chi connectivity index (χ3v) is 2.94. The first-order valence-electron chi connectivity index (χ1n) is 5.24. The standard InChI is InChI=1S/C12H17BrN2S/c1-7(2)14-12(16)15-11-9(4)5-8(3)6-10(11)13/h5-7H,1-4H3,(H2,14,15,16). The first-order valence-corrected chi connectivity index (χ1v) is 6.44. The smallest absolute Gasteiger partial charge is 0.171 e. The highest BCUT2D eigenvalue weighted by Crippen LogP contribution is 2.27. The second-order valence-electron chi connectivity index (χ2n) is 4.19. The first kappa shape index (κ1) is 13.5. The maximum absolute atomic E-state index is 5.22. The average Bonchev–Trinajstić information content (AvgIpc) is 2.09. The van der Waals surface area contributed by atoms with Crippen LogP contribution in [0.3, 0.4) is 0 Å². The number of rotatable bonds is 2. The highest BCUT2D eigenvalue weighted by molar-refractivity contribution is 9.10. The van der Waals surface area contributed by atoms with Crippen molar-refractivity contribution in [2.75, 3.05) is 5.32 Å². The Bertz CT molecular complexity index is 379. The van der Waals surface area contributed by atoms with E-state index in [-0.39, 0.29) is 0 Å². The van der Waals surface area contributed by atoms with Crippen LogP contribution in [0.15, 0.2) is 16.6 Å². The molecular weight excluding hydrogens is 284 g/mol. The Kier molecular flexibility index (Phi) is 4.74. The predicted octanol–water partition coefficient (Wildman–Crippen LogP) is 3.76. The van der Waals surface area contributed by atoms with Gasteiger partial charge in [0.2, 0.25) is 0 Å². The average molecular weight is 301 g/mol. The Labute approximate surface area is 111 Å². The molecule has 1 aromatic carbocycles. The highest BCUT2D eigenvalue weighted by atomic mass is 79.9. The van der Waals surface area contributed by atoms with Gasteiger partial charge in [-0.15, -0.1) is 0 Å². The van der Waals surface area contributed by atoms with Crippen molar-refractivity contribution in [1.82, 2.24) is 5.32 Å². The van der Waals surface area contributed by atoms with Gasteiger partial charge in [-0.2, -0.15) is 0 Å². The van der Waals surface area contributed by atoms with Crippen LogP contribution < -0.4 is 10.6 Å². The molecule has 88 valence electrons. The fourth-order valence-corrected chi connectivity index (χ4v) is 2.60. The lowest BCUT2D eigenvalue weighted by molar-refractivity contribution is 0.739. The summed E-state index contributed by atoms with van der Waals surface area (Å²) in [6.45, 7) is 8.26. The molecule has 0 amide bonds. The van der Waals surface area contributed by atoms with Crippen LogP contribution in [0.2, 0.25) is 0 Å². The Morgan fingerprint density at radius 2 is 1.94 bits per heavy atom. The Morgan fingerprint density at radius 1 is 1.31 bits per heavy atom. The van der Waals surface area contributed by atoms with Gasteiger partial charge in [0.05, 0.1) is 5.69 Å². The summed E-state index contributed by atoms with van der Waals surface area (Å²) in [6.07, 6.45) is 0. The monoisotopic (exact) mass is 300 g/mol. The highest BCUT2D eigenvalue weighted by Gasteiger charge is 2.07. The lowest BCUT2D eigenvalue weighted by Crippen LogP contribution is -2.34. The molecular formula is C12H17BrN2S. The summed E-state index contributed by atoms with van der Waals surface area (Å²) in [5, 5.41) is 7.03. The van der Waals surface area contributed by atoms with Crippen molar-refractivity contribution in [1.29, 1.82) is 0 Å². The zero-order valence-electron chi connectivity index (χ0n) is 10.0. The molecule has 0 aromatic heterocycles. The zero-order chi connectivity index (χ0) is 12.3. The maximum atomic E-state index is 5.22. The van der Waals surface area contributed by atoms with E-state index >= 15 is 0 Å². The van der Waals surface area contributed by atoms with Crippen LogP contribution in [0.4, 0.5) is 5.69 Å². The lowest BCUT2D eigenvalue weighted by Gasteiger charge is -2.16. The van der Waals surface area contributed by atoms with Crippen molar-refractivity contribution in [3.63, 3.8) is 0 Å². The fourth-order valence-electron chi connectivity index (χ4n) is 1.49. The summed E-state index contributed by atoms with van der Waals surface area (Å²) in [7, 11) is 0. The molecule has 0 saturated carbocycles. The third-order valence-electron chi connectivity index (χ3n) is 2.09. The first-order chi connectivity index (χ1) is 7.40. The molecule has 0 atom stereocenters. The van der Waals surface area contributed by atoms with Crippen LogP contribution in [0.5, 0.6) is 0 Å². The van der Waals surface area contributed by atoms with Crippen molar-refractivity contribution >= 4 is 38.9 Å². The van der Waals surface area contributed by atoms with Gasteiger partial charge < -0.3 is 10.6 Å². The van der Waals surface area contributed by atoms with E-state index < -0.39 is 0 Å². The van der Waals surface area contributed by atoms with Gasteiger partial charge in [-0.05, 0) is 73.0 Å². The van der Waals surface area contributed by atoms with E-state index in [1.807, 2.05) is 0 Å². The second kappa shape index (κ2) is 5.64. The minimum absolute atomic E-state index is 0.338. The summed E-state index contributed by atoms with van der Waals surface area (Å²) >= 11 is 8.76. The fraction of sp³-hybridized carbons (Fsp3) is 0.417. The molecule has 0 bridgehead atoms. The predicted molar refractivity (Wildman–Crippen MR) is 78.1 cm³/mol. The van der Waals surface area contributed by atoms with E-state index in [0.717, 1.165) is 10.2 Å². The number of hydrogen-bond acceptors (Lipinski definition) is 1. The molecule has 0 spiro atoms. The van der Waals surface area contributed by atoms with Crippen LogP contribution in [0, 0.1) is 13.8 Å².